The average molecular weight is 312 g/mol. The average Bonchev–Trinajstić information content (AvgIpc) is 2.93. The highest BCUT2D eigenvalue weighted by molar-refractivity contribution is 6.42. The van der Waals surface area contributed by atoms with Crippen molar-refractivity contribution in [3.8, 4) is 11.4 Å². The third-order valence-electron chi connectivity index (χ3n) is 3.69. The molecule has 0 amide bonds. The van der Waals surface area contributed by atoms with Gasteiger partial charge in [0.2, 0.25) is 11.7 Å². The fourth-order valence-corrected chi connectivity index (χ4v) is 2.74. The van der Waals surface area contributed by atoms with Crippen molar-refractivity contribution in [2.24, 2.45) is 0 Å². The zero-order valence-electron chi connectivity index (χ0n) is 11.1. The van der Waals surface area contributed by atoms with Gasteiger partial charge >= 0.3 is 0 Å². The summed E-state index contributed by atoms with van der Waals surface area (Å²) in [5, 5.41) is 8.50. The summed E-state index contributed by atoms with van der Waals surface area (Å²) in [5.41, 5.74) is 0.563. The highest BCUT2D eigenvalue weighted by Gasteiger charge is 2.34. The molecule has 1 aromatic heterocycles. The Labute approximate surface area is 127 Å². The minimum Gasteiger partial charge on any atom is -0.337 e. The van der Waals surface area contributed by atoms with Crippen molar-refractivity contribution >= 4 is 23.2 Å². The standard InChI is InChI=1S/C14H15Cl2N3O/c1-14(6-2-3-7-17-14)13-18-12(19-20-13)9-4-5-10(15)11(16)8-9/h4-5,8,17H,2-3,6-7H2,1H3. The van der Waals surface area contributed by atoms with E-state index in [1.807, 2.05) is 6.07 Å². The maximum atomic E-state index is 6.02. The minimum absolute atomic E-state index is 0.236. The van der Waals surface area contributed by atoms with Gasteiger partial charge in [-0.3, -0.25) is 0 Å². The molecule has 1 saturated heterocycles. The lowest BCUT2D eigenvalue weighted by molar-refractivity contribution is 0.207. The van der Waals surface area contributed by atoms with Gasteiger partial charge in [-0.2, -0.15) is 4.98 Å². The summed E-state index contributed by atoms with van der Waals surface area (Å²) in [4.78, 5) is 4.50. The fraction of sp³-hybridized carbons (Fsp3) is 0.429. The highest BCUT2D eigenvalue weighted by atomic mass is 35.5. The molecule has 0 saturated carbocycles. The van der Waals surface area contributed by atoms with Crippen LogP contribution in [0, 0.1) is 0 Å². The predicted octanol–water partition coefficient (Wildman–Crippen LogP) is 4.03. The zero-order chi connectivity index (χ0) is 14.2. The maximum Gasteiger partial charge on any atom is 0.246 e. The molecule has 0 aliphatic carbocycles. The van der Waals surface area contributed by atoms with Gasteiger partial charge in [-0.1, -0.05) is 28.4 Å². The van der Waals surface area contributed by atoms with Crippen LogP contribution >= 0.6 is 23.2 Å². The normalized spacial score (nSPS) is 22.9. The van der Waals surface area contributed by atoms with Crippen molar-refractivity contribution in [3.05, 3.63) is 34.1 Å². The SMILES string of the molecule is CC1(c2nc(-c3ccc(Cl)c(Cl)c3)no2)CCCCN1. The van der Waals surface area contributed by atoms with Gasteiger partial charge in [-0.25, -0.2) is 0 Å². The van der Waals surface area contributed by atoms with Gasteiger partial charge in [0.25, 0.3) is 0 Å². The van der Waals surface area contributed by atoms with E-state index in [0.717, 1.165) is 24.9 Å². The lowest BCUT2D eigenvalue weighted by Crippen LogP contribution is -2.43. The molecule has 0 radical (unpaired) electrons. The van der Waals surface area contributed by atoms with E-state index in [4.69, 9.17) is 27.7 Å². The summed E-state index contributed by atoms with van der Waals surface area (Å²) in [6.45, 7) is 3.07. The topological polar surface area (TPSA) is 51.0 Å². The molecule has 1 fully saturated rings. The Morgan fingerprint density at radius 1 is 1.25 bits per heavy atom. The number of aromatic nitrogens is 2. The van der Waals surface area contributed by atoms with E-state index in [2.05, 4.69) is 22.4 Å². The Morgan fingerprint density at radius 3 is 2.80 bits per heavy atom. The third-order valence-corrected chi connectivity index (χ3v) is 4.43. The quantitative estimate of drug-likeness (QED) is 0.909. The number of nitrogens with zero attached hydrogens (tertiary/aromatic N) is 2. The first-order valence-electron chi connectivity index (χ1n) is 6.63. The van der Waals surface area contributed by atoms with Crippen LogP contribution < -0.4 is 5.32 Å². The summed E-state index contributed by atoms with van der Waals surface area (Å²) in [6.07, 6.45) is 3.34. The first-order chi connectivity index (χ1) is 9.58. The van der Waals surface area contributed by atoms with E-state index in [9.17, 15) is 0 Å². The second kappa shape index (κ2) is 5.35. The van der Waals surface area contributed by atoms with E-state index in [0.29, 0.717) is 21.8 Å². The Balaban J connectivity index is 1.91. The van der Waals surface area contributed by atoms with Crippen molar-refractivity contribution in [2.75, 3.05) is 6.54 Å². The Morgan fingerprint density at radius 2 is 2.10 bits per heavy atom. The largest absolute Gasteiger partial charge is 0.337 e. The van der Waals surface area contributed by atoms with Gasteiger partial charge in [0, 0.05) is 5.56 Å². The van der Waals surface area contributed by atoms with Crippen molar-refractivity contribution in [1.82, 2.24) is 15.5 Å². The molecule has 0 spiro atoms. The van der Waals surface area contributed by atoms with E-state index in [1.54, 1.807) is 12.1 Å². The van der Waals surface area contributed by atoms with Crippen LogP contribution in [0.5, 0.6) is 0 Å². The van der Waals surface area contributed by atoms with Gasteiger partial charge in [0.15, 0.2) is 0 Å². The number of nitrogens with one attached hydrogen (secondary N) is 1. The van der Waals surface area contributed by atoms with Gasteiger partial charge in [-0.15, -0.1) is 0 Å². The molecule has 4 nitrogen and oxygen atoms in total. The van der Waals surface area contributed by atoms with Crippen LogP contribution in [0.4, 0.5) is 0 Å². The van der Waals surface area contributed by atoms with Crippen molar-refractivity contribution in [1.29, 1.82) is 0 Å². The Kier molecular flexibility index (Phi) is 3.71. The van der Waals surface area contributed by atoms with E-state index >= 15 is 0 Å². The number of hydrogen-bond acceptors (Lipinski definition) is 4. The van der Waals surface area contributed by atoms with E-state index in [-0.39, 0.29) is 5.54 Å². The Bertz CT molecular complexity index is 621. The monoisotopic (exact) mass is 311 g/mol. The first kappa shape index (κ1) is 13.9. The lowest BCUT2D eigenvalue weighted by atomic mass is 9.91. The number of rotatable bonds is 2. The van der Waals surface area contributed by atoms with Crippen LogP contribution in [-0.2, 0) is 5.54 Å². The minimum atomic E-state index is -0.236. The second-order valence-electron chi connectivity index (χ2n) is 5.27. The number of halogens is 2. The molecule has 1 aliphatic heterocycles. The van der Waals surface area contributed by atoms with Gasteiger partial charge in [0.05, 0.1) is 15.6 Å². The van der Waals surface area contributed by atoms with Crippen LogP contribution in [0.15, 0.2) is 22.7 Å². The Hall–Kier alpha value is -1.10. The molecular formula is C14H15Cl2N3O. The molecule has 2 heterocycles. The summed E-state index contributed by atoms with van der Waals surface area (Å²) >= 11 is 11.9. The summed E-state index contributed by atoms with van der Waals surface area (Å²) < 4.78 is 5.43. The summed E-state index contributed by atoms with van der Waals surface area (Å²) in [6, 6.07) is 5.31. The first-order valence-corrected chi connectivity index (χ1v) is 7.39. The fourth-order valence-electron chi connectivity index (χ4n) is 2.44. The molecule has 1 N–H and O–H groups in total. The van der Waals surface area contributed by atoms with Crippen LogP contribution in [0.1, 0.15) is 32.1 Å². The summed E-state index contributed by atoms with van der Waals surface area (Å²) in [7, 11) is 0. The zero-order valence-corrected chi connectivity index (χ0v) is 12.6. The molecule has 1 unspecified atom stereocenters. The number of hydrogen-bond donors (Lipinski definition) is 1. The second-order valence-corrected chi connectivity index (χ2v) is 6.08. The lowest BCUT2D eigenvalue weighted by Gasteiger charge is -2.31. The van der Waals surface area contributed by atoms with Crippen molar-refractivity contribution < 1.29 is 4.52 Å². The molecular weight excluding hydrogens is 297 g/mol. The van der Waals surface area contributed by atoms with Crippen molar-refractivity contribution in [3.63, 3.8) is 0 Å². The molecule has 106 valence electrons. The van der Waals surface area contributed by atoms with Crippen LogP contribution in [0.2, 0.25) is 10.0 Å². The number of benzene rings is 1. The van der Waals surface area contributed by atoms with Gasteiger partial charge < -0.3 is 9.84 Å². The van der Waals surface area contributed by atoms with E-state index < -0.39 is 0 Å². The highest BCUT2D eigenvalue weighted by Crippen LogP contribution is 2.31. The molecule has 3 rings (SSSR count). The van der Waals surface area contributed by atoms with Gasteiger partial charge in [0.1, 0.15) is 0 Å². The summed E-state index contributed by atoms with van der Waals surface area (Å²) in [5.74, 6) is 1.16. The van der Waals surface area contributed by atoms with Gasteiger partial charge in [-0.05, 0) is 50.9 Å². The third kappa shape index (κ3) is 2.55. The molecule has 20 heavy (non-hydrogen) atoms. The van der Waals surface area contributed by atoms with Crippen LogP contribution in [0.3, 0.4) is 0 Å². The van der Waals surface area contributed by atoms with Crippen LogP contribution in [0.25, 0.3) is 11.4 Å². The number of piperidine rings is 1. The van der Waals surface area contributed by atoms with Crippen LogP contribution in [-0.4, -0.2) is 16.7 Å². The smallest absolute Gasteiger partial charge is 0.246 e. The van der Waals surface area contributed by atoms with Crippen molar-refractivity contribution in [2.45, 2.75) is 31.7 Å². The maximum absolute atomic E-state index is 6.02. The molecule has 6 heteroatoms. The molecule has 1 atom stereocenters. The molecule has 0 bridgehead atoms. The molecule has 1 aliphatic rings. The van der Waals surface area contributed by atoms with E-state index in [1.165, 1.54) is 6.42 Å². The molecule has 2 aromatic rings. The predicted molar refractivity (Wildman–Crippen MR) is 79.0 cm³/mol. The molecule has 1 aromatic carbocycles.